The standard InChI is InChI=1S/C34H67NO5/c1-3-5-7-8-9-10-11-12-13-14-15-16-17-18-19-20-21-22-23-24-26-28-32(38)34(40)35-30(29-36)33(39)31(37)27-25-6-4-2/h17-18,30-33,36-39H,3-16,19-29H2,1-2H3,(H,35,40)/b18-17-. The Hall–Kier alpha value is -0.950. The highest BCUT2D eigenvalue weighted by Crippen LogP contribution is 2.14. The van der Waals surface area contributed by atoms with E-state index in [0.717, 1.165) is 44.9 Å². The lowest BCUT2D eigenvalue weighted by molar-refractivity contribution is -0.132. The molecule has 0 saturated heterocycles. The summed E-state index contributed by atoms with van der Waals surface area (Å²) in [4.78, 5) is 12.3. The zero-order valence-electron chi connectivity index (χ0n) is 26.3. The highest BCUT2D eigenvalue weighted by Gasteiger charge is 2.28. The van der Waals surface area contributed by atoms with E-state index in [1.54, 1.807) is 0 Å². The first-order valence-corrected chi connectivity index (χ1v) is 17.1. The van der Waals surface area contributed by atoms with Crippen LogP contribution in [0.15, 0.2) is 12.2 Å². The number of aliphatic hydroxyl groups excluding tert-OH is 4. The van der Waals surface area contributed by atoms with Crippen LogP contribution in [0.25, 0.3) is 0 Å². The fourth-order valence-electron chi connectivity index (χ4n) is 5.16. The molecule has 0 saturated carbocycles. The van der Waals surface area contributed by atoms with Crippen molar-refractivity contribution in [3.05, 3.63) is 12.2 Å². The molecule has 0 fully saturated rings. The number of amides is 1. The summed E-state index contributed by atoms with van der Waals surface area (Å²) in [6.45, 7) is 3.84. The first-order chi connectivity index (χ1) is 19.5. The smallest absolute Gasteiger partial charge is 0.249 e. The van der Waals surface area contributed by atoms with E-state index in [9.17, 15) is 25.2 Å². The van der Waals surface area contributed by atoms with E-state index in [-0.39, 0.29) is 0 Å². The summed E-state index contributed by atoms with van der Waals surface area (Å²) < 4.78 is 0. The number of carbonyl (C=O) groups is 1. The molecule has 0 aromatic heterocycles. The molecule has 6 nitrogen and oxygen atoms in total. The van der Waals surface area contributed by atoms with E-state index in [1.165, 1.54) is 96.3 Å². The third kappa shape index (κ3) is 23.7. The maximum atomic E-state index is 12.3. The van der Waals surface area contributed by atoms with E-state index in [4.69, 9.17) is 0 Å². The van der Waals surface area contributed by atoms with Crippen molar-refractivity contribution in [3.8, 4) is 0 Å². The second-order valence-corrected chi connectivity index (χ2v) is 11.9. The Kier molecular flexibility index (Phi) is 28.8. The molecule has 0 aromatic rings. The second kappa shape index (κ2) is 29.5. The number of rotatable bonds is 30. The van der Waals surface area contributed by atoms with Crippen molar-refractivity contribution < 1.29 is 25.2 Å². The molecule has 0 radical (unpaired) electrons. The molecule has 0 aliphatic heterocycles. The van der Waals surface area contributed by atoms with E-state index in [1.807, 2.05) is 0 Å². The fraction of sp³-hybridized carbons (Fsp3) is 0.912. The summed E-state index contributed by atoms with van der Waals surface area (Å²) in [5, 5.41) is 42.6. The van der Waals surface area contributed by atoms with Crippen LogP contribution in [0, 0.1) is 0 Å². The average molecular weight is 570 g/mol. The monoisotopic (exact) mass is 570 g/mol. The van der Waals surface area contributed by atoms with Gasteiger partial charge in [-0.15, -0.1) is 0 Å². The van der Waals surface area contributed by atoms with E-state index >= 15 is 0 Å². The predicted molar refractivity (Wildman–Crippen MR) is 168 cm³/mol. The molecule has 238 valence electrons. The van der Waals surface area contributed by atoms with Crippen LogP contribution in [0.5, 0.6) is 0 Å². The van der Waals surface area contributed by atoms with Gasteiger partial charge in [0, 0.05) is 0 Å². The van der Waals surface area contributed by atoms with Crippen molar-refractivity contribution in [1.29, 1.82) is 0 Å². The molecular formula is C34H67NO5. The highest BCUT2D eigenvalue weighted by molar-refractivity contribution is 5.80. The summed E-state index contributed by atoms with van der Waals surface area (Å²) in [5.41, 5.74) is 0. The zero-order chi connectivity index (χ0) is 29.7. The van der Waals surface area contributed by atoms with E-state index in [2.05, 4.69) is 31.3 Å². The lowest BCUT2D eigenvalue weighted by Gasteiger charge is -2.27. The summed E-state index contributed by atoms with van der Waals surface area (Å²) in [7, 11) is 0. The van der Waals surface area contributed by atoms with Crippen LogP contribution < -0.4 is 5.32 Å². The Morgan fingerprint density at radius 3 is 1.48 bits per heavy atom. The number of hydrogen-bond donors (Lipinski definition) is 5. The van der Waals surface area contributed by atoms with Gasteiger partial charge >= 0.3 is 0 Å². The SMILES string of the molecule is CCCCCCCCCCCCC/C=C\CCCCCCCCC(O)C(=O)NC(CO)C(O)C(O)CCCCC. The molecule has 0 heterocycles. The molecule has 0 spiro atoms. The van der Waals surface area contributed by atoms with Gasteiger partial charge in [0.05, 0.1) is 18.8 Å². The number of carbonyl (C=O) groups excluding carboxylic acids is 1. The molecule has 0 aliphatic rings. The lowest BCUT2D eigenvalue weighted by atomic mass is 10.00. The Labute approximate surface area is 247 Å². The molecule has 5 N–H and O–H groups in total. The molecule has 6 heteroatoms. The molecule has 0 rings (SSSR count). The molecule has 4 unspecified atom stereocenters. The molecule has 4 atom stereocenters. The molecule has 0 aliphatic carbocycles. The lowest BCUT2D eigenvalue weighted by Crippen LogP contribution is -2.53. The summed E-state index contributed by atoms with van der Waals surface area (Å²) in [5.74, 6) is -0.598. The molecular weight excluding hydrogens is 502 g/mol. The van der Waals surface area contributed by atoms with Gasteiger partial charge in [0.15, 0.2) is 0 Å². The highest BCUT2D eigenvalue weighted by atomic mass is 16.3. The maximum absolute atomic E-state index is 12.3. The van der Waals surface area contributed by atoms with Gasteiger partial charge in [0.2, 0.25) is 5.91 Å². The van der Waals surface area contributed by atoms with Crippen molar-refractivity contribution in [3.63, 3.8) is 0 Å². The third-order valence-electron chi connectivity index (χ3n) is 7.98. The van der Waals surface area contributed by atoms with Gasteiger partial charge in [0.1, 0.15) is 12.2 Å². The number of allylic oxidation sites excluding steroid dienone is 2. The van der Waals surface area contributed by atoms with Gasteiger partial charge in [-0.2, -0.15) is 0 Å². The van der Waals surface area contributed by atoms with Gasteiger partial charge < -0.3 is 25.7 Å². The quantitative estimate of drug-likeness (QED) is 0.0454. The summed E-state index contributed by atoms with van der Waals surface area (Å²) in [6, 6.07) is -0.979. The van der Waals surface area contributed by atoms with E-state index < -0.39 is 36.9 Å². The fourth-order valence-corrected chi connectivity index (χ4v) is 5.16. The van der Waals surface area contributed by atoms with Crippen molar-refractivity contribution in [2.24, 2.45) is 0 Å². The summed E-state index contributed by atoms with van der Waals surface area (Å²) >= 11 is 0. The Balaban J connectivity index is 3.63. The van der Waals surface area contributed by atoms with Crippen LogP contribution >= 0.6 is 0 Å². The zero-order valence-corrected chi connectivity index (χ0v) is 26.3. The van der Waals surface area contributed by atoms with Crippen LogP contribution in [0.3, 0.4) is 0 Å². The van der Waals surface area contributed by atoms with Gasteiger partial charge in [-0.3, -0.25) is 4.79 Å². The minimum Gasteiger partial charge on any atom is -0.394 e. The van der Waals surface area contributed by atoms with Crippen LogP contribution in [0.4, 0.5) is 0 Å². The normalized spacial score (nSPS) is 14.8. The maximum Gasteiger partial charge on any atom is 0.249 e. The van der Waals surface area contributed by atoms with Crippen molar-refractivity contribution in [1.82, 2.24) is 5.32 Å². The van der Waals surface area contributed by atoms with E-state index in [0.29, 0.717) is 12.8 Å². The minimum atomic E-state index is -1.25. The largest absolute Gasteiger partial charge is 0.394 e. The molecule has 0 bridgehead atoms. The Morgan fingerprint density at radius 2 is 1.00 bits per heavy atom. The second-order valence-electron chi connectivity index (χ2n) is 11.9. The predicted octanol–water partition coefficient (Wildman–Crippen LogP) is 7.50. The van der Waals surface area contributed by atoms with Gasteiger partial charge in [-0.25, -0.2) is 0 Å². The topological polar surface area (TPSA) is 110 Å². The Morgan fingerprint density at radius 1 is 0.600 bits per heavy atom. The van der Waals surface area contributed by atoms with Gasteiger partial charge in [-0.1, -0.05) is 142 Å². The first kappa shape index (κ1) is 39.0. The van der Waals surface area contributed by atoms with Crippen molar-refractivity contribution >= 4 is 5.91 Å². The number of aliphatic hydroxyl groups is 4. The van der Waals surface area contributed by atoms with Crippen LogP contribution in [-0.2, 0) is 4.79 Å². The van der Waals surface area contributed by atoms with Crippen molar-refractivity contribution in [2.45, 2.75) is 192 Å². The average Bonchev–Trinajstić information content (AvgIpc) is 2.96. The minimum absolute atomic E-state index is 0.362. The Bertz CT molecular complexity index is 571. The molecule has 40 heavy (non-hydrogen) atoms. The van der Waals surface area contributed by atoms with Crippen LogP contribution in [0.2, 0.25) is 0 Å². The van der Waals surface area contributed by atoms with Crippen LogP contribution in [-0.4, -0.2) is 57.3 Å². The number of hydrogen-bond acceptors (Lipinski definition) is 5. The van der Waals surface area contributed by atoms with Crippen molar-refractivity contribution in [2.75, 3.05) is 6.61 Å². The van der Waals surface area contributed by atoms with Gasteiger partial charge in [-0.05, 0) is 38.5 Å². The first-order valence-electron chi connectivity index (χ1n) is 17.1. The molecule has 1 amide bonds. The van der Waals surface area contributed by atoms with Crippen LogP contribution in [0.1, 0.15) is 168 Å². The third-order valence-corrected chi connectivity index (χ3v) is 7.98. The number of nitrogens with one attached hydrogen (secondary N) is 1. The molecule has 0 aromatic carbocycles. The number of unbranched alkanes of at least 4 members (excludes halogenated alkanes) is 19. The summed E-state index contributed by atoms with van der Waals surface area (Å²) in [6.07, 6.45) is 28.9. The van der Waals surface area contributed by atoms with Gasteiger partial charge in [0.25, 0.3) is 0 Å².